The summed E-state index contributed by atoms with van der Waals surface area (Å²) in [6.45, 7) is 9.96. The number of rotatable bonds is 10. The minimum Gasteiger partial charge on any atom is -0.474 e. The van der Waals surface area contributed by atoms with E-state index < -0.39 is 0 Å². The zero-order chi connectivity index (χ0) is 14.8. The lowest BCUT2D eigenvalue weighted by atomic mass is 10.2. The summed E-state index contributed by atoms with van der Waals surface area (Å²) in [5, 5.41) is 3.90. The molecule has 0 aliphatic carbocycles. The molecule has 0 aromatic carbocycles. The highest BCUT2D eigenvalue weighted by Gasteiger charge is 2.05. The Bertz CT molecular complexity index is 386. The fourth-order valence-electron chi connectivity index (χ4n) is 1.62. The first-order valence-corrected chi connectivity index (χ1v) is 7.57. The van der Waals surface area contributed by atoms with Crippen molar-refractivity contribution in [3.05, 3.63) is 22.8 Å². The van der Waals surface area contributed by atoms with Gasteiger partial charge in [-0.2, -0.15) is 0 Å². The third kappa shape index (κ3) is 7.08. The third-order valence-electron chi connectivity index (χ3n) is 2.56. The first-order valence-electron chi connectivity index (χ1n) is 7.19. The minimum absolute atomic E-state index is 0.470. The van der Waals surface area contributed by atoms with Gasteiger partial charge in [-0.15, -0.1) is 0 Å². The van der Waals surface area contributed by atoms with Gasteiger partial charge in [0.1, 0.15) is 11.6 Å². The fourth-order valence-corrected chi connectivity index (χ4v) is 1.86. The lowest BCUT2D eigenvalue weighted by Gasteiger charge is -2.10. The average Bonchev–Trinajstić information content (AvgIpc) is 2.40. The Labute approximate surface area is 126 Å². The summed E-state index contributed by atoms with van der Waals surface area (Å²) in [4.78, 5) is 4.24. The van der Waals surface area contributed by atoms with Gasteiger partial charge in [-0.05, 0) is 30.5 Å². The maximum Gasteiger partial charge on any atom is 0.232 e. The zero-order valence-corrected chi connectivity index (χ0v) is 13.4. The number of hydrogen-bond donors (Lipinski definition) is 1. The molecule has 5 heteroatoms. The van der Waals surface area contributed by atoms with Crippen LogP contribution in [0.15, 0.2) is 12.3 Å². The molecule has 0 aliphatic heterocycles. The molecule has 1 aromatic heterocycles. The van der Waals surface area contributed by atoms with Crippen molar-refractivity contribution in [3.8, 4) is 5.88 Å². The molecule has 0 spiro atoms. The summed E-state index contributed by atoms with van der Waals surface area (Å²) in [6, 6.07) is 1.89. The van der Waals surface area contributed by atoms with Crippen molar-refractivity contribution in [2.45, 2.75) is 33.7 Å². The second-order valence-corrected chi connectivity index (χ2v) is 5.52. The summed E-state index contributed by atoms with van der Waals surface area (Å²) in [5.41, 5.74) is 1.06. The van der Waals surface area contributed by atoms with Gasteiger partial charge >= 0.3 is 0 Å². The summed E-state index contributed by atoms with van der Waals surface area (Å²) in [7, 11) is 0. The Morgan fingerprint density at radius 2 is 2.10 bits per heavy atom. The predicted molar refractivity (Wildman–Crippen MR) is 82.4 cm³/mol. The number of aromatic nitrogens is 1. The Hall–Kier alpha value is -0.840. The lowest BCUT2D eigenvalue weighted by molar-refractivity contribution is 0.0990. The van der Waals surface area contributed by atoms with E-state index in [1.807, 2.05) is 6.07 Å². The Morgan fingerprint density at radius 3 is 2.75 bits per heavy atom. The highest BCUT2D eigenvalue weighted by Crippen LogP contribution is 2.22. The first kappa shape index (κ1) is 17.2. The van der Waals surface area contributed by atoms with Crippen LogP contribution in [0.3, 0.4) is 0 Å². The van der Waals surface area contributed by atoms with Crippen LogP contribution in [-0.2, 0) is 11.3 Å². The molecule has 0 saturated heterocycles. The largest absolute Gasteiger partial charge is 0.474 e. The molecule has 1 aromatic rings. The second-order valence-electron chi connectivity index (χ2n) is 5.12. The highest BCUT2D eigenvalue weighted by atomic mass is 35.5. The summed E-state index contributed by atoms with van der Waals surface area (Å²) in [6.07, 6.45) is 2.80. The highest BCUT2D eigenvalue weighted by molar-refractivity contribution is 6.31. The number of nitrogens with one attached hydrogen (secondary N) is 1. The van der Waals surface area contributed by atoms with Crippen molar-refractivity contribution in [2.75, 3.05) is 26.4 Å². The van der Waals surface area contributed by atoms with Crippen molar-refractivity contribution >= 4 is 11.6 Å². The van der Waals surface area contributed by atoms with Crippen molar-refractivity contribution in [2.24, 2.45) is 5.92 Å². The van der Waals surface area contributed by atoms with Gasteiger partial charge in [-0.25, -0.2) is 4.98 Å². The number of pyridine rings is 1. The van der Waals surface area contributed by atoms with Crippen LogP contribution in [0, 0.1) is 5.92 Å². The zero-order valence-electron chi connectivity index (χ0n) is 12.6. The van der Waals surface area contributed by atoms with Gasteiger partial charge < -0.3 is 14.8 Å². The van der Waals surface area contributed by atoms with Gasteiger partial charge in [0.2, 0.25) is 5.88 Å². The van der Waals surface area contributed by atoms with E-state index in [0.29, 0.717) is 30.0 Å². The van der Waals surface area contributed by atoms with Gasteiger partial charge in [0.05, 0.1) is 6.61 Å². The van der Waals surface area contributed by atoms with Gasteiger partial charge in [0, 0.05) is 19.3 Å². The normalized spacial score (nSPS) is 11.1. The quantitative estimate of drug-likeness (QED) is 0.673. The van der Waals surface area contributed by atoms with Crippen LogP contribution in [0.25, 0.3) is 0 Å². The van der Waals surface area contributed by atoms with E-state index in [1.54, 1.807) is 6.20 Å². The first-order chi connectivity index (χ1) is 9.63. The molecule has 0 amide bonds. The number of hydrogen-bond acceptors (Lipinski definition) is 4. The topological polar surface area (TPSA) is 43.4 Å². The predicted octanol–water partition coefficient (Wildman–Crippen LogP) is 3.29. The van der Waals surface area contributed by atoms with Gasteiger partial charge in [0.15, 0.2) is 0 Å². The Kier molecular flexibility index (Phi) is 8.58. The average molecular weight is 301 g/mol. The lowest BCUT2D eigenvalue weighted by Crippen LogP contribution is -2.19. The number of halogens is 1. The Morgan fingerprint density at radius 1 is 1.30 bits per heavy atom. The van der Waals surface area contributed by atoms with Gasteiger partial charge in [-0.1, -0.05) is 32.4 Å². The van der Waals surface area contributed by atoms with Crippen LogP contribution in [0.2, 0.25) is 5.02 Å². The molecule has 0 bridgehead atoms. The molecule has 0 radical (unpaired) electrons. The van der Waals surface area contributed by atoms with Crippen LogP contribution >= 0.6 is 11.6 Å². The van der Waals surface area contributed by atoms with E-state index in [1.165, 1.54) is 0 Å². The minimum atomic E-state index is 0.470. The van der Waals surface area contributed by atoms with Crippen LogP contribution in [0.1, 0.15) is 32.8 Å². The summed E-state index contributed by atoms with van der Waals surface area (Å²) < 4.78 is 10.8. The van der Waals surface area contributed by atoms with Crippen molar-refractivity contribution in [1.29, 1.82) is 0 Å². The monoisotopic (exact) mass is 300 g/mol. The SMILES string of the molecule is CCCOCCOc1ncc(CNCC(C)C)cc1Cl. The molecular formula is C15H25ClN2O2. The molecule has 1 N–H and O–H groups in total. The van der Waals surface area contributed by atoms with Crippen molar-refractivity contribution in [3.63, 3.8) is 0 Å². The van der Waals surface area contributed by atoms with E-state index in [-0.39, 0.29) is 0 Å². The molecule has 0 fully saturated rings. The molecule has 20 heavy (non-hydrogen) atoms. The molecular weight excluding hydrogens is 276 g/mol. The summed E-state index contributed by atoms with van der Waals surface area (Å²) >= 11 is 6.15. The van der Waals surface area contributed by atoms with Crippen LogP contribution in [0.4, 0.5) is 0 Å². The molecule has 0 aliphatic rings. The standard InChI is InChI=1S/C15H25ClN2O2/c1-4-5-19-6-7-20-15-14(16)8-13(11-18-15)10-17-9-12(2)3/h8,11-12,17H,4-7,9-10H2,1-3H3. The third-order valence-corrected chi connectivity index (χ3v) is 2.83. The molecule has 0 saturated carbocycles. The van der Waals surface area contributed by atoms with E-state index in [0.717, 1.165) is 31.7 Å². The molecule has 1 heterocycles. The summed E-state index contributed by atoms with van der Waals surface area (Å²) in [5.74, 6) is 1.10. The Balaban J connectivity index is 2.35. The molecule has 114 valence electrons. The van der Waals surface area contributed by atoms with E-state index in [2.05, 4.69) is 31.1 Å². The smallest absolute Gasteiger partial charge is 0.232 e. The van der Waals surface area contributed by atoms with E-state index in [4.69, 9.17) is 21.1 Å². The van der Waals surface area contributed by atoms with E-state index in [9.17, 15) is 0 Å². The van der Waals surface area contributed by atoms with Gasteiger partial charge in [-0.3, -0.25) is 0 Å². The number of nitrogens with zero attached hydrogens (tertiary/aromatic N) is 1. The van der Waals surface area contributed by atoms with Crippen LogP contribution in [0.5, 0.6) is 5.88 Å². The molecule has 1 rings (SSSR count). The maximum atomic E-state index is 6.15. The van der Waals surface area contributed by atoms with Crippen molar-refractivity contribution < 1.29 is 9.47 Å². The maximum absolute atomic E-state index is 6.15. The van der Waals surface area contributed by atoms with Crippen molar-refractivity contribution in [1.82, 2.24) is 10.3 Å². The number of ether oxygens (including phenoxy) is 2. The van der Waals surface area contributed by atoms with Gasteiger partial charge in [0.25, 0.3) is 0 Å². The van der Waals surface area contributed by atoms with E-state index >= 15 is 0 Å². The van der Waals surface area contributed by atoms with Crippen LogP contribution in [-0.4, -0.2) is 31.3 Å². The molecule has 0 atom stereocenters. The fraction of sp³-hybridized carbons (Fsp3) is 0.667. The van der Waals surface area contributed by atoms with Crippen LogP contribution < -0.4 is 10.1 Å². The second kappa shape index (κ2) is 9.97. The molecule has 4 nitrogen and oxygen atoms in total. The molecule has 0 unspecified atom stereocenters.